The van der Waals surface area contributed by atoms with E-state index in [0.29, 0.717) is 29.5 Å². The fourth-order valence-corrected chi connectivity index (χ4v) is 2.52. The van der Waals surface area contributed by atoms with Crippen molar-refractivity contribution in [3.63, 3.8) is 0 Å². The van der Waals surface area contributed by atoms with E-state index in [9.17, 15) is 4.79 Å². The van der Waals surface area contributed by atoms with Crippen molar-refractivity contribution in [3.05, 3.63) is 58.1 Å². The first-order valence-corrected chi connectivity index (χ1v) is 8.60. The highest BCUT2D eigenvalue weighted by atomic mass is 35.5. The number of carbonyl (C=O) groups excluding carboxylic acids is 1. The van der Waals surface area contributed by atoms with Crippen LogP contribution in [-0.2, 0) is 6.42 Å². The van der Waals surface area contributed by atoms with Gasteiger partial charge in [-0.2, -0.15) is 5.10 Å². The summed E-state index contributed by atoms with van der Waals surface area (Å²) in [5.74, 6) is 1.40. The molecule has 0 aliphatic rings. The first-order valence-electron chi connectivity index (χ1n) is 8.22. The third kappa shape index (κ3) is 6.29. The summed E-state index contributed by atoms with van der Waals surface area (Å²) >= 11 is 5.99. The van der Waals surface area contributed by atoms with Gasteiger partial charge in [0.25, 0.3) is 0 Å². The Labute approximate surface area is 157 Å². The van der Waals surface area contributed by atoms with Crippen LogP contribution in [0.5, 0.6) is 11.5 Å². The van der Waals surface area contributed by atoms with Gasteiger partial charge in [-0.25, -0.2) is 10.2 Å². The molecule has 0 saturated heterocycles. The molecule has 7 heteroatoms. The fraction of sp³-hybridized carbons (Fsp3) is 0.263. The lowest BCUT2D eigenvalue weighted by Crippen LogP contribution is -2.24. The van der Waals surface area contributed by atoms with Crippen LogP contribution < -0.4 is 20.6 Å². The minimum absolute atomic E-state index is 0.348. The molecule has 0 bridgehead atoms. The van der Waals surface area contributed by atoms with Crippen molar-refractivity contribution in [3.8, 4) is 11.5 Å². The zero-order chi connectivity index (χ0) is 18.9. The number of benzene rings is 2. The maximum atomic E-state index is 10.7. The second-order valence-electron chi connectivity index (χ2n) is 5.62. The van der Waals surface area contributed by atoms with Gasteiger partial charge in [-0.15, -0.1) is 0 Å². The number of nitrogens with two attached hydrogens (primary N) is 1. The lowest BCUT2D eigenvalue weighted by Gasteiger charge is -2.12. The van der Waals surface area contributed by atoms with E-state index in [2.05, 4.69) is 23.5 Å². The fourth-order valence-electron chi connectivity index (χ4n) is 2.34. The molecule has 0 atom stereocenters. The molecule has 2 amide bonds. The van der Waals surface area contributed by atoms with Crippen molar-refractivity contribution in [2.75, 3.05) is 13.2 Å². The Kier molecular flexibility index (Phi) is 7.29. The normalized spacial score (nSPS) is 10.7. The molecular formula is C19H22ClN3O3. The van der Waals surface area contributed by atoms with Crippen molar-refractivity contribution >= 4 is 23.8 Å². The predicted octanol–water partition coefficient (Wildman–Crippen LogP) is 3.67. The Morgan fingerprint density at radius 3 is 2.73 bits per heavy atom. The number of hydrazone groups is 1. The zero-order valence-corrected chi connectivity index (χ0v) is 15.5. The summed E-state index contributed by atoms with van der Waals surface area (Å²) in [6, 6.07) is 10.5. The number of hydrogen-bond acceptors (Lipinski definition) is 4. The van der Waals surface area contributed by atoms with Gasteiger partial charge in [-0.05, 0) is 54.8 Å². The van der Waals surface area contributed by atoms with Crippen molar-refractivity contribution in [1.82, 2.24) is 5.43 Å². The molecule has 2 aromatic carbocycles. The average Bonchev–Trinajstić information content (AvgIpc) is 2.59. The summed E-state index contributed by atoms with van der Waals surface area (Å²) in [6.45, 7) is 4.90. The summed E-state index contributed by atoms with van der Waals surface area (Å²) in [5.41, 5.74) is 10.1. The summed E-state index contributed by atoms with van der Waals surface area (Å²) in [6.07, 6.45) is 2.38. The second-order valence-corrected chi connectivity index (χ2v) is 6.06. The molecule has 0 aromatic heterocycles. The molecule has 0 aliphatic heterocycles. The van der Waals surface area contributed by atoms with Crippen LogP contribution in [0.15, 0.2) is 41.5 Å². The number of primary amides is 1. The number of ether oxygens (including phenoxy) is 2. The molecule has 0 saturated carbocycles. The van der Waals surface area contributed by atoms with Gasteiger partial charge >= 0.3 is 6.03 Å². The average molecular weight is 376 g/mol. The first kappa shape index (κ1) is 19.6. The van der Waals surface area contributed by atoms with Gasteiger partial charge in [0.05, 0.1) is 6.21 Å². The molecule has 0 radical (unpaired) electrons. The molecule has 0 heterocycles. The number of amides is 2. The van der Waals surface area contributed by atoms with Gasteiger partial charge in [0.1, 0.15) is 24.7 Å². The van der Waals surface area contributed by atoms with Crippen LogP contribution in [-0.4, -0.2) is 25.5 Å². The molecule has 138 valence electrons. The summed E-state index contributed by atoms with van der Waals surface area (Å²) in [5, 5.41) is 4.26. The molecule has 0 aliphatic carbocycles. The zero-order valence-electron chi connectivity index (χ0n) is 14.8. The monoisotopic (exact) mass is 375 g/mol. The Morgan fingerprint density at radius 1 is 1.23 bits per heavy atom. The molecule has 0 unspecified atom stereocenters. The number of carbonyl (C=O) groups is 1. The highest BCUT2D eigenvalue weighted by Gasteiger charge is 2.04. The van der Waals surface area contributed by atoms with Crippen LogP contribution in [0.1, 0.15) is 23.6 Å². The highest BCUT2D eigenvalue weighted by Crippen LogP contribution is 2.22. The molecule has 6 nitrogen and oxygen atoms in total. The predicted molar refractivity (Wildman–Crippen MR) is 103 cm³/mol. The number of nitrogens with zero attached hydrogens (tertiary/aromatic N) is 1. The number of halogens is 1. The lowest BCUT2D eigenvalue weighted by molar-refractivity contribution is 0.217. The van der Waals surface area contributed by atoms with Gasteiger partial charge < -0.3 is 15.2 Å². The van der Waals surface area contributed by atoms with Crippen molar-refractivity contribution in [2.24, 2.45) is 10.8 Å². The van der Waals surface area contributed by atoms with Crippen molar-refractivity contribution in [1.29, 1.82) is 0 Å². The Bertz CT molecular complexity index is 794. The molecule has 3 N–H and O–H groups in total. The minimum Gasteiger partial charge on any atom is -0.490 e. The molecule has 2 rings (SSSR count). The number of rotatable bonds is 8. The van der Waals surface area contributed by atoms with Crippen LogP contribution in [0.3, 0.4) is 0 Å². The Hall–Kier alpha value is -2.73. The van der Waals surface area contributed by atoms with Crippen LogP contribution in [0, 0.1) is 6.92 Å². The summed E-state index contributed by atoms with van der Waals surface area (Å²) in [4.78, 5) is 10.7. The SMILES string of the molecule is CCc1cc(C)cc(OCCOc2ccc(Cl)cc2C=NNC(N)=O)c1. The van der Waals surface area contributed by atoms with Crippen LogP contribution in [0.25, 0.3) is 0 Å². The van der Waals surface area contributed by atoms with Gasteiger partial charge in [-0.3, -0.25) is 0 Å². The topological polar surface area (TPSA) is 85.9 Å². The Balaban J connectivity index is 1.94. The Morgan fingerprint density at radius 2 is 2.00 bits per heavy atom. The minimum atomic E-state index is -0.747. The van der Waals surface area contributed by atoms with Gasteiger partial charge in [0.2, 0.25) is 0 Å². The summed E-state index contributed by atoms with van der Waals surface area (Å²) in [7, 11) is 0. The van der Waals surface area contributed by atoms with E-state index < -0.39 is 6.03 Å². The second kappa shape index (κ2) is 9.68. The van der Waals surface area contributed by atoms with E-state index in [-0.39, 0.29) is 0 Å². The maximum absolute atomic E-state index is 10.7. The first-order chi connectivity index (χ1) is 12.5. The van der Waals surface area contributed by atoms with Crippen molar-refractivity contribution in [2.45, 2.75) is 20.3 Å². The van der Waals surface area contributed by atoms with Crippen LogP contribution in [0.2, 0.25) is 5.02 Å². The van der Waals surface area contributed by atoms with E-state index in [4.69, 9.17) is 26.8 Å². The van der Waals surface area contributed by atoms with Gasteiger partial charge in [-0.1, -0.05) is 24.6 Å². The number of aryl methyl sites for hydroxylation is 2. The third-order valence-electron chi connectivity index (χ3n) is 3.48. The van der Waals surface area contributed by atoms with Crippen molar-refractivity contribution < 1.29 is 14.3 Å². The smallest absolute Gasteiger partial charge is 0.332 e. The number of nitrogens with one attached hydrogen (secondary N) is 1. The molecule has 0 spiro atoms. The van der Waals surface area contributed by atoms with E-state index in [1.807, 2.05) is 19.1 Å². The lowest BCUT2D eigenvalue weighted by atomic mass is 10.1. The largest absolute Gasteiger partial charge is 0.490 e. The standard InChI is InChI=1S/C19H22ClN3O3/c1-3-14-8-13(2)9-17(10-14)25-6-7-26-18-5-4-16(20)11-15(18)12-22-23-19(21)24/h4-5,8-12H,3,6-7H2,1-2H3,(H3,21,23,24). The van der Waals surface area contributed by atoms with E-state index in [1.54, 1.807) is 18.2 Å². The van der Waals surface area contributed by atoms with E-state index in [1.165, 1.54) is 17.3 Å². The van der Waals surface area contributed by atoms with E-state index in [0.717, 1.165) is 12.2 Å². The van der Waals surface area contributed by atoms with Gasteiger partial charge in [0.15, 0.2) is 0 Å². The number of urea groups is 1. The molecule has 2 aromatic rings. The van der Waals surface area contributed by atoms with Crippen LogP contribution in [0.4, 0.5) is 4.79 Å². The summed E-state index contributed by atoms with van der Waals surface area (Å²) < 4.78 is 11.5. The molecule has 26 heavy (non-hydrogen) atoms. The van der Waals surface area contributed by atoms with E-state index >= 15 is 0 Å². The third-order valence-corrected chi connectivity index (χ3v) is 3.71. The molecular weight excluding hydrogens is 354 g/mol. The van der Waals surface area contributed by atoms with Crippen LogP contribution >= 0.6 is 11.6 Å². The number of hydrogen-bond donors (Lipinski definition) is 2. The maximum Gasteiger partial charge on any atom is 0.332 e. The highest BCUT2D eigenvalue weighted by molar-refractivity contribution is 6.30. The quantitative estimate of drug-likeness (QED) is 0.419. The molecule has 0 fully saturated rings. The van der Waals surface area contributed by atoms with Gasteiger partial charge in [0, 0.05) is 10.6 Å².